The predicted octanol–water partition coefficient (Wildman–Crippen LogP) is 1.91. The van der Waals surface area contributed by atoms with Gasteiger partial charge in [0.05, 0.1) is 4.90 Å². The normalized spacial score (nSPS) is 19.9. The molecule has 0 saturated carbocycles. The summed E-state index contributed by atoms with van der Waals surface area (Å²) in [7, 11) is -1.46. The molecule has 146 valence electrons. The first kappa shape index (κ1) is 18.5. The zero-order valence-corrected chi connectivity index (χ0v) is 16.6. The lowest BCUT2D eigenvalue weighted by atomic mass is 10.1. The van der Waals surface area contributed by atoms with E-state index in [0.29, 0.717) is 48.5 Å². The molecular weight excluding hydrogens is 366 g/mol. The number of piperazine rings is 1. The number of carbonyl (C=O) groups is 1. The Balaban J connectivity index is 1.67. The number of fused-ring (bicyclic) bond motifs is 1. The highest BCUT2D eigenvalue weighted by Gasteiger charge is 2.29. The number of sulfonamides is 1. The average molecular weight is 391 g/mol. The number of benzene rings is 1. The number of rotatable bonds is 3. The van der Waals surface area contributed by atoms with E-state index >= 15 is 0 Å². The monoisotopic (exact) mass is 391 g/mol. The lowest BCUT2D eigenvalue weighted by Gasteiger charge is -2.31. The van der Waals surface area contributed by atoms with Crippen LogP contribution in [0.15, 0.2) is 27.5 Å². The molecule has 1 amide bonds. The van der Waals surface area contributed by atoms with E-state index in [1.54, 1.807) is 23.1 Å². The fraction of sp³-hybridized carbons (Fsp3) is 0.526. The second-order valence-corrected chi connectivity index (χ2v) is 9.36. The lowest BCUT2D eigenvalue weighted by molar-refractivity contribution is 0.0634. The van der Waals surface area contributed by atoms with E-state index in [4.69, 9.17) is 4.42 Å². The zero-order chi connectivity index (χ0) is 19.2. The van der Waals surface area contributed by atoms with E-state index in [1.165, 1.54) is 4.31 Å². The number of furan rings is 1. The Morgan fingerprint density at radius 2 is 1.70 bits per heavy atom. The van der Waals surface area contributed by atoms with Gasteiger partial charge in [0.1, 0.15) is 5.58 Å². The van der Waals surface area contributed by atoms with Crippen LogP contribution in [0.25, 0.3) is 11.0 Å². The molecule has 3 heterocycles. The molecule has 0 atom stereocenters. The van der Waals surface area contributed by atoms with Crippen molar-refractivity contribution in [1.29, 1.82) is 0 Å². The molecule has 0 N–H and O–H groups in total. The first-order valence-electron chi connectivity index (χ1n) is 9.39. The van der Waals surface area contributed by atoms with Crippen LogP contribution in [-0.4, -0.2) is 74.7 Å². The summed E-state index contributed by atoms with van der Waals surface area (Å²) in [5.41, 5.74) is 1.25. The van der Waals surface area contributed by atoms with Gasteiger partial charge in [0.25, 0.3) is 5.91 Å². The van der Waals surface area contributed by atoms with Crippen molar-refractivity contribution in [3.8, 4) is 0 Å². The molecule has 2 aliphatic heterocycles. The second-order valence-electron chi connectivity index (χ2n) is 7.42. The van der Waals surface area contributed by atoms with Crippen LogP contribution in [0.1, 0.15) is 29.0 Å². The van der Waals surface area contributed by atoms with Crippen molar-refractivity contribution in [2.24, 2.45) is 0 Å². The van der Waals surface area contributed by atoms with Gasteiger partial charge >= 0.3 is 0 Å². The van der Waals surface area contributed by atoms with Crippen molar-refractivity contribution in [3.05, 3.63) is 29.5 Å². The van der Waals surface area contributed by atoms with Gasteiger partial charge in [-0.3, -0.25) is 4.79 Å². The van der Waals surface area contributed by atoms with Crippen LogP contribution in [0.3, 0.4) is 0 Å². The fourth-order valence-corrected chi connectivity index (χ4v) is 5.34. The molecule has 1 aromatic carbocycles. The minimum Gasteiger partial charge on any atom is -0.451 e. The summed E-state index contributed by atoms with van der Waals surface area (Å²) >= 11 is 0. The third-order valence-corrected chi connectivity index (χ3v) is 7.49. The maximum absolute atomic E-state index is 12.9. The van der Waals surface area contributed by atoms with E-state index < -0.39 is 10.0 Å². The topological polar surface area (TPSA) is 74.1 Å². The Morgan fingerprint density at radius 3 is 2.37 bits per heavy atom. The number of aryl methyl sites for hydroxylation is 1. The minimum absolute atomic E-state index is 0.124. The van der Waals surface area contributed by atoms with Gasteiger partial charge in [-0.1, -0.05) is 0 Å². The molecule has 27 heavy (non-hydrogen) atoms. The summed E-state index contributed by atoms with van der Waals surface area (Å²) in [6, 6.07) is 4.87. The standard InChI is InChI=1S/C19H25N3O4S/c1-14-16-13-15(27(24,25)22-7-3-4-8-22)5-6-17(16)26-18(14)19(23)21-11-9-20(2)10-12-21/h5-6,13H,3-4,7-12H2,1-2H3. The number of hydrogen-bond donors (Lipinski definition) is 0. The Kier molecular flexibility index (Phi) is 4.73. The second kappa shape index (κ2) is 6.92. The molecule has 0 spiro atoms. The number of nitrogens with zero attached hydrogens (tertiary/aromatic N) is 3. The van der Waals surface area contributed by atoms with Crippen LogP contribution in [0.4, 0.5) is 0 Å². The van der Waals surface area contributed by atoms with Crippen molar-refractivity contribution in [3.63, 3.8) is 0 Å². The minimum atomic E-state index is -3.49. The predicted molar refractivity (Wildman–Crippen MR) is 102 cm³/mol. The third-order valence-electron chi connectivity index (χ3n) is 5.60. The molecule has 8 heteroatoms. The van der Waals surface area contributed by atoms with Gasteiger partial charge in [-0.2, -0.15) is 4.31 Å². The van der Waals surface area contributed by atoms with Crippen molar-refractivity contribution in [1.82, 2.24) is 14.1 Å². The van der Waals surface area contributed by atoms with Crippen molar-refractivity contribution in [2.75, 3.05) is 46.3 Å². The highest BCUT2D eigenvalue weighted by molar-refractivity contribution is 7.89. The highest BCUT2D eigenvalue weighted by atomic mass is 32.2. The average Bonchev–Trinajstić information content (AvgIpc) is 3.31. The van der Waals surface area contributed by atoms with Crippen LogP contribution in [0, 0.1) is 6.92 Å². The van der Waals surface area contributed by atoms with Gasteiger partial charge in [0.15, 0.2) is 5.76 Å². The Labute approximate surface area is 159 Å². The number of carbonyl (C=O) groups excluding carboxylic acids is 1. The molecule has 0 unspecified atom stereocenters. The van der Waals surface area contributed by atoms with E-state index in [9.17, 15) is 13.2 Å². The van der Waals surface area contributed by atoms with Gasteiger partial charge in [-0.25, -0.2) is 8.42 Å². The molecule has 2 fully saturated rings. The van der Waals surface area contributed by atoms with E-state index in [-0.39, 0.29) is 10.8 Å². The van der Waals surface area contributed by atoms with Gasteiger partial charge in [0.2, 0.25) is 10.0 Å². The molecule has 2 aliphatic rings. The van der Waals surface area contributed by atoms with Crippen LogP contribution in [0.2, 0.25) is 0 Å². The van der Waals surface area contributed by atoms with E-state index in [1.807, 2.05) is 14.0 Å². The maximum atomic E-state index is 12.9. The summed E-state index contributed by atoms with van der Waals surface area (Å²) in [6.45, 7) is 5.96. The Hall–Kier alpha value is -1.90. The Bertz CT molecular complexity index is 968. The molecule has 2 saturated heterocycles. The quantitative estimate of drug-likeness (QED) is 0.799. The summed E-state index contributed by atoms with van der Waals surface area (Å²) in [5.74, 6) is 0.186. The fourth-order valence-electron chi connectivity index (χ4n) is 3.80. The molecule has 2 aromatic rings. The van der Waals surface area contributed by atoms with Gasteiger partial charge < -0.3 is 14.2 Å². The van der Waals surface area contributed by atoms with Crippen molar-refractivity contribution < 1.29 is 17.6 Å². The van der Waals surface area contributed by atoms with Crippen LogP contribution in [0.5, 0.6) is 0 Å². The van der Waals surface area contributed by atoms with Crippen LogP contribution in [-0.2, 0) is 10.0 Å². The summed E-state index contributed by atoms with van der Waals surface area (Å²) in [6.07, 6.45) is 1.80. The number of likely N-dealkylation sites (N-methyl/N-ethyl adjacent to an activating group) is 1. The van der Waals surface area contributed by atoms with Crippen LogP contribution < -0.4 is 0 Å². The summed E-state index contributed by atoms with van der Waals surface area (Å²) < 4.78 is 33.0. The molecule has 7 nitrogen and oxygen atoms in total. The lowest BCUT2D eigenvalue weighted by Crippen LogP contribution is -2.47. The SMILES string of the molecule is Cc1c(C(=O)N2CCN(C)CC2)oc2ccc(S(=O)(=O)N3CCCC3)cc12. The first-order valence-corrected chi connectivity index (χ1v) is 10.8. The highest BCUT2D eigenvalue weighted by Crippen LogP contribution is 2.30. The van der Waals surface area contributed by atoms with Crippen LogP contribution >= 0.6 is 0 Å². The summed E-state index contributed by atoms with van der Waals surface area (Å²) in [5, 5.41) is 0.688. The van der Waals surface area contributed by atoms with Gasteiger partial charge in [-0.15, -0.1) is 0 Å². The summed E-state index contributed by atoms with van der Waals surface area (Å²) in [4.78, 5) is 17.1. The largest absolute Gasteiger partial charge is 0.451 e. The molecule has 4 rings (SSSR count). The molecule has 0 bridgehead atoms. The molecule has 1 aromatic heterocycles. The van der Waals surface area contributed by atoms with E-state index in [2.05, 4.69) is 4.90 Å². The molecule has 0 radical (unpaired) electrons. The molecular formula is C19H25N3O4S. The zero-order valence-electron chi connectivity index (χ0n) is 15.8. The van der Waals surface area contributed by atoms with E-state index in [0.717, 1.165) is 25.9 Å². The van der Waals surface area contributed by atoms with Crippen molar-refractivity contribution >= 4 is 26.9 Å². The first-order chi connectivity index (χ1) is 12.9. The Morgan fingerprint density at radius 1 is 1.04 bits per heavy atom. The number of amides is 1. The van der Waals surface area contributed by atoms with Gasteiger partial charge in [0, 0.05) is 50.2 Å². The van der Waals surface area contributed by atoms with Crippen molar-refractivity contribution in [2.45, 2.75) is 24.7 Å². The smallest absolute Gasteiger partial charge is 0.289 e. The maximum Gasteiger partial charge on any atom is 0.289 e. The molecule has 0 aliphatic carbocycles. The third kappa shape index (κ3) is 3.26. The van der Waals surface area contributed by atoms with Gasteiger partial charge in [-0.05, 0) is 45.0 Å². The number of hydrogen-bond acceptors (Lipinski definition) is 5.